The molecule has 0 saturated heterocycles. The fourth-order valence-corrected chi connectivity index (χ4v) is 3.17. The number of nitrogens with zero attached hydrogens (tertiary/aromatic N) is 1. The zero-order chi connectivity index (χ0) is 18.7. The Kier molecular flexibility index (Phi) is 5.35. The van der Waals surface area contributed by atoms with Crippen LogP contribution in [0.5, 0.6) is 0 Å². The lowest BCUT2D eigenvalue weighted by molar-refractivity contribution is -0.121. The van der Waals surface area contributed by atoms with Gasteiger partial charge in [-0.25, -0.2) is 4.39 Å². The van der Waals surface area contributed by atoms with Crippen molar-refractivity contribution >= 4 is 17.5 Å². The highest BCUT2D eigenvalue weighted by Gasteiger charge is 2.25. The fraction of sp³-hybridized carbons (Fsp3) is 0.333. The zero-order valence-corrected chi connectivity index (χ0v) is 15.1. The molecule has 0 aromatic heterocycles. The average Bonchev–Trinajstić information content (AvgIpc) is 3.02. The Morgan fingerprint density at radius 1 is 1.15 bits per heavy atom. The highest BCUT2D eigenvalue weighted by atomic mass is 19.1. The summed E-state index contributed by atoms with van der Waals surface area (Å²) in [5.41, 5.74) is 3.48. The SMILES string of the molecule is CC(C)CC(=O)NCc1ccc2c(c1)CCN2C(=O)c1ccc(F)cc1. The number of fused-ring (bicyclic) bond motifs is 1. The van der Waals surface area contributed by atoms with Crippen LogP contribution in [0.15, 0.2) is 42.5 Å². The molecule has 2 aromatic rings. The summed E-state index contributed by atoms with van der Waals surface area (Å²) in [7, 11) is 0. The lowest BCUT2D eigenvalue weighted by atomic mass is 10.1. The van der Waals surface area contributed by atoms with Crippen LogP contribution in [-0.2, 0) is 17.8 Å². The number of carbonyl (C=O) groups excluding carboxylic acids is 2. The van der Waals surface area contributed by atoms with Crippen LogP contribution in [0.3, 0.4) is 0 Å². The summed E-state index contributed by atoms with van der Waals surface area (Å²) in [5.74, 6) is -0.0936. The third-order valence-electron chi connectivity index (χ3n) is 4.46. The topological polar surface area (TPSA) is 49.4 Å². The second kappa shape index (κ2) is 7.68. The average molecular weight is 354 g/mol. The second-order valence-corrected chi connectivity index (χ2v) is 7.05. The molecule has 1 aliphatic rings. The van der Waals surface area contributed by atoms with Gasteiger partial charge >= 0.3 is 0 Å². The van der Waals surface area contributed by atoms with Crippen molar-refractivity contribution in [3.8, 4) is 0 Å². The summed E-state index contributed by atoms with van der Waals surface area (Å²) in [5, 5.41) is 2.93. The first kappa shape index (κ1) is 18.1. The van der Waals surface area contributed by atoms with Gasteiger partial charge in [0, 0.05) is 30.8 Å². The van der Waals surface area contributed by atoms with E-state index in [-0.39, 0.29) is 17.6 Å². The van der Waals surface area contributed by atoms with Crippen LogP contribution >= 0.6 is 0 Å². The number of nitrogens with one attached hydrogen (secondary N) is 1. The van der Waals surface area contributed by atoms with Crippen molar-refractivity contribution in [2.45, 2.75) is 33.2 Å². The van der Waals surface area contributed by atoms with E-state index in [0.29, 0.717) is 31.0 Å². The largest absolute Gasteiger partial charge is 0.352 e. The molecule has 2 amide bonds. The van der Waals surface area contributed by atoms with E-state index in [1.54, 1.807) is 4.90 Å². The van der Waals surface area contributed by atoms with E-state index >= 15 is 0 Å². The number of hydrogen-bond donors (Lipinski definition) is 1. The van der Waals surface area contributed by atoms with Gasteiger partial charge in [-0.2, -0.15) is 0 Å². The van der Waals surface area contributed by atoms with Crippen molar-refractivity contribution < 1.29 is 14.0 Å². The Morgan fingerprint density at radius 3 is 2.58 bits per heavy atom. The maximum Gasteiger partial charge on any atom is 0.258 e. The third kappa shape index (κ3) is 4.10. The number of halogens is 1. The van der Waals surface area contributed by atoms with Crippen LogP contribution in [0, 0.1) is 11.7 Å². The molecule has 1 aliphatic heterocycles. The molecule has 4 nitrogen and oxygen atoms in total. The van der Waals surface area contributed by atoms with Crippen molar-refractivity contribution in [1.82, 2.24) is 5.32 Å². The Labute approximate surface area is 153 Å². The highest BCUT2D eigenvalue weighted by Crippen LogP contribution is 2.30. The van der Waals surface area contributed by atoms with Gasteiger partial charge in [-0.15, -0.1) is 0 Å². The monoisotopic (exact) mass is 354 g/mol. The quantitative estimate of drug-likeness (QED) is 0.890. The van der Waals surface area contributed by atoms with E-state index < -0.39 is 0 Å². The van der Waals surface area contributed by atoms with E-state index in [4.69, 9.17) is 0 Å². The molecule has 1 heterocycles. The van der Waals surface area contributed by atoms with Crippen LogP contribution < -0.4 is 10.2 Å². The first-order valence-corrected chi connectivity index (χ1v) is 8.90. The molecular formula is C21H23FN2O2. The first-order valence-electron chi connectivity index (χ1n) is 8.90. The van der Waals surface area contributed by atoms with Crippen LogP contribution in [-0.4, -0.2) is 18.4 Å². The number of anilines is 1. The molecule has 0 unspecified atom stereocenters. The molecule has 136 valence electrons. The van der Waals surface area contributed by atoms with Crippen molar-refractivity contribution in [3.63, 3.8) is 0 Å². The molecule has 0 aliphatic carbocycles. The minimum atomic E-state index is -0.354. The number of rotatable bonds is 5. The third-order valence-corrected chi connectivity index (χ3v) is 4.46. The summed E-state index contributed by atoms with van der Waals surface area (Å²) in [6, 6.07) is 11.5. The van der Waals surface area contributed by atoms with Gasteiger partial charge < -0.3 is 10.2 Å². The molecule has 0 atom stereocenters. The van der Waals surface area contributed by atoms with Crippen molar-refractivity contribution in [2.24, 2.45) is 5.92 Å². The molecule has 0 bridgehead atoms. The first-order chi connectivity index (χ1) is 12.4. The van der Waals surface area contributed by atoms with Gasteiger partial charge in [0.1, 0.15) is 5.82 Å². The minimum Gasteiger partial charge on any atom is -0.352 e. The molecular weight excluding hydrogens is 331 g/mol. The molecule has 0 radical (unpaired) electrons. The van der Waals surface area contributed by atoms with Gasteiger partial charge in [-0.05, 0) is 53.8 Å². The van der Waals surface area contributed by atoms with Gasteiger partial charge in [0.15, 0.2) is 0 Å². The maximum atomic E-state index is 13.1. The van der Waals surface area contributed by atoms with E-state index in [1.165, 1.54) is 24.3 Å². The maximum absolute atomic E-state index is 13.1. The minimum absolute atomic E-state index is 0.0496. The van der Waals surface area contributed by atoms with Gasteiger partial charge in [0.2, 0.25) is 5.91 Å². The van der Waals surface area contributed by atoms with Crippen LogP contribution in [0.2, 0.25) is 0 Å². The summed E-state index contributed by atoms with van der Waals surface area (Å²) in [6.45, 7) is 5.13. The molecule has 5 heteroatoms. The Hall–Kier alpha value is -2.69. The zero-order valence-electron chi connectivity index (χ0n) is 15.1. The van der Waals surface area contributed by atoms with Crippen molar-refractivity contribution in [2.75, 3.05) is 11.4 Å². The summed E-state index contributed by atoms with van der Waals surface area (Å²) >= 11 is 0. The predicted molar refractivity (Wildman–Crippen MR) is 99.5 cm³/mol. The number of carbonyl (C=O) groups is 2. The second-order valence-electron chi connectivity index (χ2n) is 7.05. The van der Waals surface area contributed by atoms with Gasteiger partial charge in [0.05, 0.1) is 0 Å². The van der Waals surface area contributed by atoms with Crippen LogP contribution in [0.4, 0.5) is 10.1 Å². The Bertz CT molecular complexity index is 815. The number of hydrogen-bond acceptors (Lipinski definition) is 2. The molecule has 2 aromatic carbocycles. The molecule has 26 heavy (non-hydrogen) atoms. The molecule has 0 spiro atoms. The van der Waals surface area contributed by atoms with Crippen LogP contribution in [0.1, 0.15) is 41.8 Å². The summed E-state index contributed by atoms with van der Waals surface area (Å²) in [6.07, 6.45) is 1.29. The van der Waals surface area contributed by atoms with Gasteiger partial charge in [0.25, 0.3) is 5.91 Å². The normalized spacial score (nSPS) is 13.0. The Balaban J connectivity index is 1.69. The number of benzene rings is 2. The molecule has 1 N–H and O–H groups in total. The van der Waals surface area contributed by atoms with Crippen molar-refractivity contribution in [3.05, 3.63) is 65.0 Å². The van der Waals surface area contributed by atoms with Crippen molar-refractivity contribution in [1.29, 1.82) is 0 Å². The van der Waals surface area contributed by atoms with E-state index in [1.807, 2.05) is 32.0 Å². The predicted octanol–water partition coefficient (Wildman–Crippen LogP) is 3.69. The van der Waals surface area contributed by atoms with E-state index in [9.17, 15) is 14.0 Å². The summed E-state index contributed by atoms with van der Waals surface area (Å²) < 4.78 is 13.1. The smallest absolute Gasteiger partial charge is 0.258 e. The molecule has 0 saturated carbocycles. The molecule has 3 rings (SSSR count). The summed E-state index contributed by atoms with van der Waals surface area (Å²) in [4.78, 5) is 26.2. The lowest BCUT2D eigenvalue weighted by Crippen LogP contribution is -2.28. The Morgan fingerprint density at radius 2 is 1.88 bits per heavy atom. The molecule has 0 fully saturated rings. The number of amides is 2. The van der Waals surface area contributed by atoms with Gasteiger partial charge in [-0.3, -0.25) is 9.59 Å². The van der Waals surface area contributed by atoms with Crippen LogP contribution in [0.25, 0.3) is 0 Å². The lowest BCUT2D eigenvalue weighted by Gasteiger charge is -2.18. The van der Waals surface area contributed by atoms with E-state index in [2.05, 4.69) is 5.32 Å². The van der Waals surface area contributed by atoms with E-state index in [0.717, 1.165) is 23.2 Å². The van der Waals surface area contributed by atoms with Gasteiger partial charge in [-0.1, -0.05) is 26.0 Å². The fourth-order valence-electron chi connectivity index (χ4n) is 3.17. The highest BCUT2D eigenvalue weighted by molar-refractivity contribution is 6.07. The standard InChI is InChI=1S/C21H23FN2O2/c1-14(2)11-20(25)23-13-15-3-8-19-17(12-15)9-10-24(19)21(26)16-4-6-18(22)7-5-16/h3-8,12,14H,9-11,13H2,1-2H3,(H,23,25).